The first kappa shape index (κ1) is 11.5. The van der Waals surface area contributed by atoms with Crippen LogP contribution >= 0.6 is 0 Å². The SMILES string of the molecule is Cn1c(C=NC2CCCCC2)nc2ccccc21. The van der Waals surface area contributed by atoms with E-state index in [1.54, 1.807) is 0 Å². The summed E-state index contributed by atoms with van der Waals surface area (Å²) in [6.07, 6.45) is 8.45. The third-order valence-electron chi connectivity index (χ3n) is 3.80. The van der Waals surface area contributed by atoms with Crippen LogP contribution in [0.2, 0.25) is 0 Å². The fraction of sp³-hybridized carbons (Fsp3) is 0.467. The van der Waals surface area contributed by atoms with E-state index < -0.39 is 0 Å². The van der Waals surface area contributed by atoms with Gasteiger partial charge < -0.3 is 4.57 Å². The van der Waals surface area contributed by atoms with Crippen LogP contribution < -0.4 is 0 Å². The van der Waals surface area contributed by atoms with E-state index in [1.807, 2.05) is 24.4 Å². The Hall–Kier alpha value is -1.64. The minimum absolute atomic E-state index is 0.513. The topological polar surface area (TPSA) is 30.2 Å². The molecule has 1 fully saturated rings. The van der Waals surface area contributed by atoms with Crippen molar-refractivity contribution in [2.45, 2.75) is 38.1 Å². The molecule has 0 N–H and O–H groups in total. The van der Waals surface area contributed by atoms with Gasteiger partial charge in [0.2, 0.25) is 0 Å². The van der Waals surface area contributed by atoms with Crippen LogP contribution in [-0.4, -0.2) is 21.8 Å². The summed E-state index contributed by atoms with van der Waals surface area (Å²) in [4.78, 5) is 9.31. The van der Waals surface area contributed by atoms with Crippen LogP contribution in [0.3, 0.4) is 0 Å². The van der Waals surface area contributed by atoms with Crippen LogP contribution in [0.5, 0.6) is 0 Å². The van der Waals surface area contributed by atoms with Gasteiger partial charge in [0.25, 0.3) is 0 Å². The fourth-order valence-corrected chi connectivity index (χ4v) is 2.68. The van der Waals surface area contributed by atoms with Gasteiger partial charge in [0.15, 0.2) is 5.82 Å². The molecule has 0 amide bonds. The molecule has 0 aliphatic heterocycles. The van der Waals surface area contributed by atoms with Crippen LogP contribution in [0.15, 0.2) is 29.3 Å². The Morgan fingerprint density at radius 3 is 2.78 bits per heavy atom. The maximum Gasteiger partial charge on any atom is 0.151 e. The smallest absolute Gasteiger partial charge is 0.151 e. The second kappa shape index (κ2) is 4.92. The zero-order valence-electron chi connectivity index (χ0n) is 10.8. The maximum atomic E-state index is 4.70. The van der Waals surface area contributed by atoms with Crippen molar-refractivity contribution in [1.82, 2.24) is 9.55 Å². The van der Waals surface area contributed by atoms with Gasteiger partial charge in [-0.2, -0.15) is 0 Å². The molecule has 0 atom stereocenters. The number of para-hydroxylation sites is 2. The average Bonchev–Trinajstić information content (AvgIpc) is 2.75. The standard InChI is InChI=1S/C15H19N3/c1-18-14-10-6-5-9-13(14)17-15(18)11-16-12-7-3-2-4-8-12/h5-6,9-12H,2-4,7-8H2,1H3. The van der Waals surface area contributed by atoms with Crippen molar-refractivity contribution in [1.29, 1.82) is 0 Å². The summed E-state index contributed by atoms with van der Waals surface area (Å²) >= 11 is 0. The quantitative estimate of drug-likeness (QED) is 0.742. The zero-order chi connectivity index (χ0) is 12.4. The Kier molecular flexibility index (Phi) is 3.13. The second-order valence-electron chi connectivity index (χ2n) is 5.09. The normalized spacial score (nSPS) is 17.8. The van der Waals surface area contributed by atoms with Crippen molar-refractivity contribution >= 4 is 17.2 Å². The van der Waals surface area contributed by atoms with Crippen molar-refractivity contribution in [2.75, 3.05) is 0 Å². The zero-order valence-corrected chi connectivity index (χ0v) is 10.8. The molecule has 3 rings (SSSR count). The van der Waals surface area contributed by atoms with E-state index in [1.165, 1.54) is 37.6 Å². The summed E-state index contributed by atoms with van der Waals surface area (Å²) in [6, 6.07) is 8.73. The predicted molar refractivity (Wildman–Crippen MR) is 75.2 cm³/mol. The molecule has 0 radical (unpaired) electrons. The van der Waals surface area contributed by atoms with E-state index in [2.05, 4.69) is 22.7 Å². The van der Waals surface area contributed by atoms with Gasteiger partial charge in [-0.25, -0.2) is 4.98 Å². The summed E-state index contributed by atoms with van der Waals surface area (Å²) in [5.74, 6) is 0.960. The first-order valence-electron chi connectivity index (χ1n) is 6.79. The van der Waals surface area contributed by atoms with E-state index in [9.17, 15) is 0 Å². The summed E-state index contributed by atoms with van der Waals surface area (Å²) < 4.78 is 2.11. The van der Waals surface area contributed by atoms with Gasteiger partial charge in [-0.1, -0.05) is 31.4 Å². The number of aliphatic imine (C=N–C) groups is 1. The first-order chi connectivity index (χ1) is 8.84. The average molecular weight is 241 g/mol. The number of imidazole rings is 1. The molecular weight excluding hydrogens is 222 g/mol. The summed E-state index contributed by atoms with van der Waals surface area (Å²) in [6.45, 7) is 0. The van der Waals surface area contributed by atoms with E-state index >= 15 is 0 Å². The summed E-state index contributed by atoms with van der Waals surface area (Å²) in [7, 11) is 2.05. The number of nitrogens with zero attached hydrogens (tertiary/aromatic N) is 3. The van der Waals surface area contributed by atoms with E-state index in [4.69, 9.17) is 4.99 Å². The molecule has 0 unspecified atom stereocenters. The molecular formula is C15H19N3. The highest BCUT2D eigenvalue weighted by Gasteiger charge is 2.11. The largest absolute Gasteiger partial charge is 0.326 e. The molecule has 1 aliphatic rings. The molecule has 1 aromatic carbocycles. The number of aromatic nitrogens is 2. The van der Waals surface area contributed by atoms with Gasteiger partial charge in [-0.05, 0) is 25.0 Å². The molecule has 94 valence electrons. The molecule has 0 bridgehead atoms. The maximum absolute atomic E-state index is 4.70. The Labute approximate surface area is 108 Å². The number of hydrogen-bond acceptors (Lipinski definition) is 2. The van der Waals surface area contributed by atoms with E-state index in [0.29, 0.717) is 6.04 Å². The first-order valence-corrected chi connectivity index (χ1v) is 6.79. The molecule has 1 saturated carbocycles. The molecule has 2 aromatic rings. The number of benzene rings is 1. The Morgan fingerprint density at radius 1 is 1.22 bits per heavy atom. The summed E-state index contributed by atoms with van der Waals surface area (Å²) in [5, 5.41) is 0. The van der Waals surface area contributed by atoms with Gasteiger partial charge in [-0.15, -0.1) is 0 Å². The second-order valence-corrected chi connectivity index (χ2v) is 5.09. The molecule has 3 heteroatoms. The number of aryl methyl sites for hydroxylation is 1. The van der Waals surface area contributed by atoms with Crippen molar-refractivity contribution in [3.63, 3.8) is 0 Å². The lowest BCUT2D eigenvalue weighted by atomic mass is 9.96. The van der Waals surface area contributed by atoms with E-state index in [0.717, 1.165) is 11.3 Å². The fourth-order valence-electron chi connectivity index (χ4n) is 2.68. The molecule has 0 saturated heterocycles. The van der Waals surface area contributed by atoms with Gasteiger partial charge in [0, 0.05) is 7.05 Å². The van der Waals surface area contributed by atoms with Gasteiger partial charge in [0.1, 0.15) is 0 Å². The van der Waals surface area contributed by atoms with Crippen LogP contribution in [0.1, 0.15) is 37.9 Å². The molecule has 3 nitrogen and oxygen atoms in total. The van der Waals surface area contributed by atoms with Crippen LogP contribution in [0, 0.1) is 0 Å². The third kappa shape index (κ3) is 2.17. The molecule has 18 heavy (non-hydrogen) atoms. The van der Waals surface area contributed by atoms with E-state index in [-0.39, 0.29) is 0 Å². The minimum atomic E-state index is 0.513. The highest BCUT2D eigenvalue weighted by atomic mass is 15.1. The lowest BCUT2D eigenvalue weighted by molar-refractivity contribution is 0.444. The highest BCUT2D eigenvalue weighted by Crippen LogP contribution is 2.20. The monoisotopic (exact) mass is 241 g/mol. The van der Waals surface area contributed by atoms with Crippen molar-refractivity contribution in [2.24, 2.45) is 12.0 Å². The van der Waals surface area contributed by atoms with Crippen molar-refractivity contribution in [3.05, 3.63) is 30.1 Å². The van der Waals surface area contributed by atoms with Crippen LogP contribution in [0.4, 0.5) is 0 Å². The number of rotatable bonds is 2. The van der Waals surface area contributed by atoms with Crippen molar-refractivity contribution in [3.8, 4) is 0 Å². The van der Waals surface area contributed by atoms with Crippen molar-refractivity contribution < 1.29 is 0 Å². The lowest BCUT2D eigenvalue weighted by Crippen LogP contribution is -2.10. The molecule has 0 spiro atoms. The number of hydrogen-bond donors (Lipinski definition) is 0. The molecule has 1 heterocycles. The Bertz CT molecular complexity index is 562. The Balaban J connectivity index is 1.85. The Morgan fingerprint density at radius 2 is 2.00 bits per heavy atom. The number of fused-ring (bicyclic) bond motifs is 1. The van der Waals surface area contributed by atoms with Crippen LogP contribution in [-0.2, 0) is 7.05 Å². The predicted octanol–water partition coefficient (Wildman–Crippen LogP) is 3.32. The highest BCUT2D eigenvalue weighted by molar-refractivity contribution is 5.84. The molecule has 1 aliphatic carbocycles. The van der Waals surface area contributed by atoms with Gasteiger partial charge in [0.05, 0.1) is 23.3 Å². The van der Waals surface area contributed by atoms with Gasteiger partial charge >= 0.3 is 0 Å². The molecule has 1 aromatic heterocycles. The minimum Gasteiger partial charge on any atom is -0.326 e. The third-order valence-corrected chi connectivity index (χ3v) is 3.80. The lowest BCUT2D eigenvalue weighted by Gasteiger charge is -2.16. The van der Waals surface area contributed by atoms with Gasteiger partial charge in [-0.3, -0.25) is 4.99 Å². The van der Waals surface area contributed by atoms with Crippen LogP contribution in [0.25, 0.3) is 11.0 Å². The summed E-state index contributed by atoms with van der Waals surface area (Å²) in [5.41, 5.74) is 2.22.